The molecule has 4 aromatic rings. The van der Waals surface area contributed by atoms with Crippen LogP contribution in [0.4, 0.5) is 0 Å². The van der Waals surface area contributed by atoms with E-state index >= 15 is 0 Å². The normalized spacial score (nSPS) is 13.5. The Hall–Kier alpha value is -2.73. The number of thiophene rings is 1. The number of hydrogen-bond acceptors (Lipinski definition) is 5. The van der Waals surface area contributed by atoms with Crippen molar-refractivity contribution in [2.24, 2.45) is 0 Å². The van der Waals surface area contributed by atoms with Crippen LogP contribution in [0.15, 0.2) is 66.7 Å². The Morgan fingerprint density at radius 2 is 1.53 bits per heavy atom. The highest BCUT2D eigenvalue weighted by Crippen LogP contribution is 2.46. The number of unbranched alkanes of at least 4 members (excludes halogenated alkanes) is 1. The first-order chi connectivity index (χ1) is 17.2. The Morgan fingerprint density at radius 3 is 2.28 bits per heavy atom. The van der Waals surface area contributed by atoms with E-state index in [1.165, 1.54) is 70.6 Å². The monoisotopic (exact) mass is 523 g/mol. The second kappa shape index (κ2) is 12.5. The average molecular weight is 524 g/mol. The lowest BCUT2D eigenvalue weighted by molar-refractivity contribution is 0.280. The van der Waals surface area contributed by atoms with Gasteiger partial charge in [0.05, 0.1) is 20.8 Å². The summed E-state index contributed by atoms with van der Waals surface area (Å²) in [5.74, 6) is 2.66. The van der Waals surface area contributed by atoms with Gasteiger partial charge in [-0.2, -0.15) is 0 Å². The van der Waals surface area contributed by atoms with E-state index in [4.69, 9.17) is 14.2 Å². The summed E-state index contributed by atoms with van der Waals surface area (Å²) in [6, 6.07) is 23.1. The average Bonchev–Trinajstić information content (AvgIpc) is 3.56. The number of ether oxygens (including phenoxy) is 3. The number of rotatable bonds is 10. The minimum absolute atomic E-state index is 0. The Bertz CT molecular complexity index is 1270. The van der Waals surface area contributed by atoms with E-state index in [2.05, 4.69) is 53.4 Å². The summed E-state index contributed by atoms with van der Waals surface area (Å²) in [7, 11) is 3.41. The van der Waals surface area contributed by atoms with Crippen molar-refractivity contribution in [2.45, 2.75) is 25.7 Å². The number of hydrogen-bond donors (Lipinski definition) is 0. The summed E-state index contributed by atoms with van der Waals surface area (Å²) >= 11 is 1.79. The third kappa shape index (κ3) is 5.97. The van der Waals surface area contributed by atoms with Gasteiger partial charge >= 0.3 is 0 Å². The Labute approximate surface area is 224 Å². The van der Waals surface area contributed by atoms with E-state index in [0.29, 0.717) is 0 Å². The second-order valence-electron chi connectivity index (χ2n) is 9.03. The van der Waals surface area contributed by atoms with Gasteiger partial charge in [0.15, 0.2) is 0 Å². The lowest BCUT2D eigenvalue weighted by Gasteiger charge is -2.14. The van der Waals surface area contributed by atoms with Crippen molar-refractivity contribution in [3.63, 3.8) is 0 Å². The van der Waals surface area contributed by atoms with Crippen LogP contribution in [-0.4, -0.2) is 45.4 Å². The number of nitrogens with zero attached hydrogens (tertiary/aromatic N) is 1. The van der Waals surface area contributed by atoms with Crippen LogP contribution >= 0.6 is 23.7 Å². The number of benzene rings is 3. The fourth-order valence-corrected chi connectivity index (χ4v) is 6.07. The maximum atomic E-state index is 6.18. The summed E-state index contributed by atoms with van der Waals surface area (Å²) in [5, 5.41) is 1.23. The molecule has 0 radical (unpaired) electrons. The van der Waals surface area contributed by atoms with Gasteiger partial charge in [0.25, 0.3) is 0 Å². The second-order valence-corrected chi connectivity index (χ2v) is 10.1. The first-order valence-electron chi connectivity index (χ1n) is 12.5. The SMILES string of the molecule is COc1ccc(-c2sc3cc(OC)ccc3c2-c2cccc(OCCCCN3CCCC3)c2)cc1.Cl. The van der Waals surface area contributed by atoms with E-state index in [-0.39, 0.29) is 12.4 Å². The van der Waals surface area contributed by atoms with Gasteiger partial charge in [0, 0.05) is 20.5 Å². The standard InChI is InChI=1S/C30H33NO3S.ClH/c1-32-24-12-10-22(11-13-24)30-29(27-15-14-25(33-2)21-28(27)35-30)23-8-7-9-26(20-23)34-19-6-5-18-31-16-3-4-17-31;/h7-15,20-21H,3-6,16-19H2,1-2H3;1H. The predicted octanol–water partition coefficient (Wildman–Crippen LogP) is 7.93. The minimum Gasteiger partial charge on any atom is -0.497 e. The van der Waals surface area contributed by atoms with Gasteiger partial charge < -0.3 is 19.1 Å². The molecule has 0 spiro atoms. The molecule has 36 heavy (non-hydrogen) atoms. The van der Waals surface area contributed by atoms with Crippen molar-refractivity contribution in [3.05, 3.63) is 66.7 Å². The van der Waals surface area contributed by atoms with E-state index in [1.54, 1.807) is 25.6 Å². The largest absolute Gasteiger partial charge is 0.497 e. The molecule has 1 fully saturated rings. The first-order valence-corrected chi connectivity index (χ1v) is 13.3. The molecular weight excluding hydrogens is 490 g/mol. The van der Waals surface area contributed by atoms with Crippen molar-refractivity contribution < 1.29 is 14.2 Å². The van der Waals surface area contributed by atoms with Gasteiger partial charge in [0.1, 0.15) is 17.2 Å². The third-order valence-electron chi connectivity index (χ3n) is 6.71. The van der Waals surface area contributed by atoms with Gasteiger partial charge in [-0.15, -0.1) is 23.7 Å². The van der Waals surface area contributed by atoms with E-state index < -0.39 is 0 Å². The molecule has 5 rings (SSSR count). The van der Waals surface area contributed by atoms with Gasteiger partial charge in [0.2, 0.25) is 0 Å². The molecule has 1 aliphatic heterocycles. The molecule has 0 N–H and O–H groups in total. The van der Waals surface area contributed by atoms with Crippen molar-refractivity contribution in [2.75, 3.05) is 40.5 Å². The molecule has 1 aliphatic rings. The number of likely N-dealkylation sites (tertiary alicyclic amines) is 1. The molecular formula is C30H34ClNO3S. The minimum atomic E-state index is 0. The number of halogens is 1. The molecule has 0 bridgehead atoms. The zero-order valence-electron chi connectivity index (χ0n) is 21.0. The highest BCUT2D eigenvalue weighted by atomic mass is 35.5. The van der Waals surface area contributed by atoms with Crippen molar-refractivity contribution >= 4 is 33.8 Å². The fourth-order valence-electron chi connectivity index (χ4n) is 4.81. The Kier molecular flexibility index (Phi) is 9.13. The lowest BCUT2D eigenvalue weighted by atomic mass is 9.98. The van der Waals surface area contributed by atoms with Gasteiger partial charge in [-0.1, -0.05) is 12.1 Å². The third-order valence-corrected chi connectivity index (χ3v) is 7.91. The first kappa shape index (κ1) is 26.3. The Morgan fingerprint density at radius 1 is 0.778 bits per heavy atom. The zero-order valence-corrected chi connectivity index (χ0v) is 22.6. The maximum Gasteiger partial charge on any atom is 0.120 e. The fraction of sp³-hybridized carbons (Fsp3) is 0.333. The summed E-state index contributed by atoms with van der Waals surface area (Å²) in [6.07, 6.45) is 4.98. The molecule has 4 nitrogen and oxygen atoms in total. The van der Waals surface area contributed by atoms with Crippen LogP contribution < -0.4 is 14.2 Å². The molecule has 1 saturated heterocycles. The predicted molar refractivity (Wildman–Crippen MR) is 153 cm³/mol. The number of methoxy groups -OCH3 is 2. The molecule has 0 unspecified atom stereocenters. The molecule has 0 aliphatic carbocycles. The van der Waals surface area contributed by atoms with Crippen molar-refractivity contribution in [3.8, 4) is 38.8 Å². The van der Waals surface area contributed by atoms with Gasteiger partial charge in [-0.05, 0) is 111 Å². The Balaban J connectivity index is 0.00000304. The van der Waals surface area contributed by atoms with Crippen molar-refractivity contribution in [1.29, 1.82) is 0 Å². The molecule has 3 aromatic carbocycles. The lowest BCUT2D eigenvalue weighted by Crippen LogP contribution is -2.20. The highest BCUT2D eigenvalue weighted by molar-refractivity contribution is 7.23. The maximum absolute atomic E-state index is 6.18. The number of fused-ring (bicyclic) bond motifs is 1. The van der Waals surface area contributed by atoms with Gasteiger partial charge in [-0.3, -0.25) is 0 Å². The smallest absolute Gasteiger partial charge is 0.120 e. The van der Waals surface area contributed by atoms with Crippen LogP contribution in [0, 0.1) is 0 Å². The quantitative estimate of drug-likeness (QED) is 0.197. The summed E-state index contributed by atoms with van der Waals surface area (Å²) in [4.78, 5) is 3.80. The highest BCUT2D eigenvalue weighted by Gasteiger charge is 2.17. The van der Waals surface area contributed by atoms with Crippen LogP contribution in [0.25, 0.3) is 31.7 Å². The molecule has 1 aromatic heterocycles. The molecule has 2 heterocycles. The van der Waals surface area contributed by atoms with Crippen LogP contribution in [0.5, 0.6) is 17.2 Å². The van der Waals surface area contributed by atoms with E-state index in [9.17, 15) is 0 Å². The van der Waals surface area contributed by atoms with E-state index in [1.807, 2.05) is 18.2 Å². The molecule has 6 heteroatoms. The van der Waals surface area contributed by atoms with Crippen LogP contribution in [0.1, 0.15) is 25.7 Å². The van der Waals surface area contributed by atoms with Crippen LogP contribution in [-0.2, 0) is 0 Å². The zero-order chi connectivity index (χ0) is 24.0. The van der Waals surface area contributed by atoms with E-state index in [0.717, 1.165) is 30.3 Å². The summed E-state index contributed by atoms with van der Waals surface area (Å²) in [6.45, 7) is 4.48. The molecule has 0 amide bonds. The van der Waals surface area contributed by atoms with Gasteiger partial charge in [-0.25, -0.2) is 0 Å². The molecule has 0 saturated carbocycles. The van der Waals surface area contributed by atoms with Crippen LogP contribution in [0.3, 0.4) is 0 Å². The molecule has 0 atom stereocenters. The van der Waals surface area contributed by atoms with Crippen molar-refractivity contribution in [1.82, 2.24) is 4.90 Å². The van der Waals surface area contributed by atoms with Crippen LogP contribution in [0.2, 0.25) is 0 Å². The molecule has 190 valence electrons. The summed E-state index contributed by atoms with van der Waals surface area (Å²) < 4.78 is 18.3. The topological polar surface area (TPSA) is 30.9 Å². The summed E-state index contributed by atoms with van der Waals surface area (Å²) in [5.41, 5.74) is 3.58.